The molecule has 0 saturated heterocycles. The average Bonchev–Trinajstić information content (AvgIpc) is 2.30. The lowest BCUT2D eigenvalue weighted by molar-refractivity contribution is -0.116. The van der Waals surface area contributed by atoms with E-state index in [1.165, 1.54) is 6.08 Å². The van der Waals surface area contributed by atoms with E-state index in [2.05, 4.69) is 5.32 Å². The van der Waals surface area contributed by atoms with Crippen molar-refractivity contribution in [1.82, 2.24) is 0 Å². The van der Waals surface area contributed by atoms with Crippen LogP contribution >= 0.6 is 0 Å². The largest absolute Gasteiger partial charge is 0.326 e. The van der Waals surface area contributed by atoms with Crippen molar-refractivity contribution in [3.8, 4) is 0 Å². The SMILES string of the molecule is C/C=C/C(=O)CCCC(=O)Nc1ccccc1. The van der Waals surface area contributed by atoms with E-state index in [-0.39, 0.29) is 11.7 Å². The summed E-state index contributed by atoms with van der Waals surface area (Å²) in [5.41, 5.74) is 0.789. The number of carbonyl (C=O) groups is 2. The van der Waals surface area contributed by atoms with Gasteiger partial charge in [-0.2, -0.15) is 0 Å². The third-order valence-electron chi connectivity index (χ3n) is 2.24. The summed E-state index contributed by atoms with van der Waals surface area (Å²) in [4.78, 5) is 22.7. The van der Waals surface area contributed by atoms with Crippen molar-refractivity contribution in [1.29, 1.82) is 0 Å². The summed E-state index contributed by atoms with van der Waals surface area (Å²) in [5.74, 6) is 0.0180. The molecule has 0 aliphatic carbocycles. The second-order valence-electron chi connectivity index (χ2n) is 3.73. The predicted octanol–water partition coefficient (Wildman–Crippen LogP) is 2.94. The lowest BCUT2D eigenvalue weighted by atomic mass is 10.1. The fourth-order valence-corrected chi connectivity index (χ4v) is 1.44. The molecule has 1 rings (SSSR count). The van der Waals surface area contributed by atoms with Gasteiger partial charge in [-0.1, -0.05) is 24.3 Å². The summed E-state index contributed by atoms with van der Waals surface area (Å²) in [6.45, 7) is 1.81. The summed E-state index contributed by atoms with van der Waals surface area (Å²) >= 11 is 0. The highest BCUT2D eigenvalue weighted by Gasteiger charge is 2.03. The Morgan fingerprint density at radius 3 is 2.53 bits per heavy atom. The quantitative estimate of drug-likeness (QED) is 0.765. The molecule has 0 aliphatic rings. The Morgan fingerprint density at radius 2 is 1.88 bits per heavy atom. The van der Waals surface area contributed by atoms with Gasteiger partial charge in [0.05, 0.1) is 0 Å². The molecule has 0 unspecified atom stereocenters. The van der Waals surface area contributed by atoms with Crippen LogP contribution in [0.15, 0.2) is 42.5 Å². The van der Waals surface area contributed by atoms with Crippen molar-refractivity contribution in [2.75, 3.05) is 5.32 Å². The van der Waals surface area contributed by atoms with E-state index in [1.54, 1.807) is 13.0 Å². The number of carbonyl (C=O) groups excluding carboxylic acids is 2. The Labute approximate surface area is 102 Å². The first kappa shape index (κ1) is 13.2. The first-order chi connectivity index (χ1) is 8.22. The zero-order chi connectivity index (χ0) is 12.5. The van der Waals surface area contributed by atoms with Crippen LogP contribution in [0.4, 0.5) is 5.69 Å². The number of amides is 1. The number of benzene rings is 1. The van der Waals surface area contributed by atoms with Crippen LogP contribution in [0.3, 0.4) is 0 Å². The predicted molar refractivity (Wildman–Crippen MR) is 68.7 cm³/mol. The van der Waals surface area contributed by atoms with Crippen LogP contribution in [0.25, 0.3) is 0 Å². The molecule has 1 aromatic rings. The Bertz CT molecular complexity index is 396. The molecule has 0 saturated carbocycles. The molecule has 0 aliphatic heterocycles. The molecule has 90 valence electrons. The number of para-hydroxylation sites is 1. The third kappa shape index (κ3) is 5.66. The number of ketones is 1. The fourth-order valence-electron chi connectivity index (χ4n) is 1.44. The molecule has 17 heavy (non-hydrogen) atoms. The molecule has 0 aromatic heterocycles. The maximum absolute atomic E-state index is 11.5. The van der Waals surface area contributed by atoms with Crippen molar-refractivity contribution >= 4 is 17.4 Å². The first-order valence-corrected chi connectivity index (χ1v) is 5.73. The maximum Gasteiger partial charge on any atom is 0.224 e. The number of nitrogens with one attached hydrogen (secondary N) is 1. The number of anilines is 1. The lowest BCUT2D eigenvalue weighted by Crippen LogP contribution is -2.11. The van der Waals surface area contributed by atoms with E-state index >= 15 is 0 Å². The maximum atomic E-state index is 11.5. The minimum atomic E-state index is -0.0514. The van der Waals surface area contributed by atoms with E-state index in [4.69, 9.17) is 0 Å². The van der Waals surface area contributed by atoms with Crippen LogP contribution < -0.4 is 5.32 Å². The minimum absolute atomic E-state index is 0.0514. The van der Waals surface area contributed by atoms with Gasteiger partial charge in [0.1, 0.15) is 0 Å². The van der Waals surface area contributed by atoms with Crippen LogP contribution in [-0.2, 0) is 9.59 Å². The van der Waals surface area contributed by atoms with Crippen molar-refractivity contribution in [3.63, 3.8) is 0 Å². The summed E-state index contributed by atoms with van der Waals surface area (Å²) < 4.78 is 0. The summed E-state index contributed by atoms with van der Waals surface area (Å²) in [5, 5.41) is 2.78. The highest BCUT2D eigenvalue weighted by molar-refractivity contribution is 5.92. The molecule has 0 radical (unpaired) electrons. The van der Waals surface area contributed by atoms with E-state index in [0.717, 1.165) is 5.69 Å². The Kier molecular flexibility index (Phi) is 5.72. The van der Waals surface area contributed by atoms with Crippen molar-refractivity contribution in [2.45, 2.75) is 26.2 Å². The van der Waals surface area contributed by atoms with E-state index in [9.17, 15) is 9.59 Å². The van der Waals surface area contributed by atoms with Crippen LogP contribution in [0, 0.1) is 0 Å². The monoisotopic (exact) mass is 231 g/mol. The molecular weight excluding hydrogens is 214 g/mol. The summed E-state index contributed by atoms with van der Waals surface area (Å²) in [6.07, 6.45) is 4.63. The van der Waals surface area contributed by atoms with Crippen LogP contribution in [0.5, 0.6) is 0 Å². The highest BCUT2D eigenvalue weighted by atomic mass is 16.1. The van der Waals surface area contributed by atoms with Crippen LogP contribution in [0.1, 0.15) is 26.2 Å². The van der Waals surface area contributed by atoms with Gasteiger partial charge in [0.25, 0.3) is 0 Å². The molecule has 1 aromatic carbocycles. The van der Waals surface area contributed by atoms with Crippen LogP contribution in [-0.4, -0.2) is 11.7 Å². The van der Waals surface area contributed by atoms with Gasteiger partial charge in [-0.3, -0.25) is 9.59 Å². The topological polar surface area (TPSA) is 46.2 Å². The third-order valence-corrected chi connectivity index (χ3v) is 2.24. The minimum Gasteiger partial charge on any atom is -0.326 e. The summed E-state index contributed by atoms with van der Waals surface area (Å²) in [6, 6.07) is 9.30. The standard InChI is InChI=1S/C14H17NO2/c1-2-7-13(16)10-6-11-14(17)15-12-8-4-3-5-9-12/h2-5,7-9H,6,10-11H2,1H3,(H,15,17)/b7-2+. The lowest BCUT2D eigenvalue weighted by Gasteiger charge is -2.03. The van der Waals surface area contributed by atoms with Crippen LogP contribution in [0.2, 0.25) is 0 Å². The average molecular weight is 231 g/mol. The van der Waals surface area contributed by atoms with Gasteiger partial charge >= 0.3 is 0 Å². The van der Waals surface area contributed by atoms with Crippen molar-refractivity contribution in [2.24, 2.45) is 0 Å². The molecule has 1 N–H and O–H groups in total. The molecule has 3 heteroatoms. The first-order valence-electron chi connectivity index (χ1n) is 5.73. The van der Waals surface area contributed by atoms with Gasteiger partial charge in [0.15, 0.2) is 5.78 Å². The number of hydrogen-bond donors (Lipinski definition) is 1. The Morgan fingerprint density at radius 1 is 1.18 bits per heavy atom. The van der Waals surface area contributed by atoms with Crippen molar-refractivity contribution < 1.29 is 9.59 Å². The van der Waals surface area contributed by atoms with E-state index < -0.39 is 0 Å². The fraction of sp³-hybridized carbons (Fsp3) is 0.286. The molecule has 0 spiro atoms. The second kappa shape index (κ2) is 7.39. The number of rotatable bonds is 6. The number of allylic oxidation sites excluding steroid dienone is 2. The second-order valence-corrected chi connectivity index (χ2v) is 3.73. The Balaban J connectivity index is 2.24. The molecule has 0 fully saturated rings. The zero-order valence-corrected chi connectivity index (χ0v) is 9.98. The van der Waals surface area contributed by atoms with Gasteiger partial charge in [-0.05, 0) is 31.6 Å². The zero-order valence-electron chi connectivity index (χ0n) is 9.98. The highest BCUT2D eigenvalue weighted by Crippen LogP contribution is 2.07. The van der Waals surface area contributed by atoms with Gasteiger partial charge in [0.2, 0.25) is 5.91 Å². The van der Waals surface area contributed by atoms with Gasteiger partial charge in [-0.25, -0.2) is 0 Å². The molecule has 1 amide bonds. The van der Waals surface area contributed by atoms with Gasteiger partial charge in [-0.15, -0.1) is 0 Å². The van der Waals surface area contributed by atoms with E-state index in [0.29, 0.717) is 19.3 Å². The molecule has 0 bridgehead atoms. The molecule has 3 nitrogen and oxygen atoms in total. The molecule has 0 atom stereocenters. The summed E-state index contributed by atoms with van der Waals surface area (Å²) in [7, 11) is 0. The Hall–Kier alpha value is -1.90. The van der Waals surface area contributed by atoms with Gasteiger partial charge < -0.3 is 5.32 Å². The van der Waals surface area contributed by atoms with Crippen molar-refractivity contribution in [3.05, 3.63) is 42.5 Å². The molecular formula is C14H17NO2. The van der Waals surface area contributed by atoms with E-state index in [1.807, 2.05) is 30.3 Å². The van der Waals surface area contributed by atoms with Gasteiger partial charge in [0, 0.05) is 18.5 Å². The molecule has 0 heterocycles. The smallest absolute Gasteiger partial charge is 0.224 e. The normalized spacial score (nSPS) is 10.4. The number of hydrogen-bond acceptors (Lipinski definition) is 2.